The second kappa shape index (κ2) is 4.76. The lowest BCUT2D eigenvalue weighted by Crippen LogP contribution is -2.26. The van der Waals surface area contributed by atoms with Crippen LogP contribution in [0.3, 0.4) is 0 Å². The van der Waals surface area contributed by atoms with E-state index in [-0.39, 0.29) is 5.91 Å². The normalized spacial score (nSPS) is 10.4. The van der Waals surface area contributed by atoms with Crippen molar-refractivity contribution in [2.45, 2.75) is 13.5 Å². The van der Waals surface area contributed by atoms with Crippen LogP contribution in [-0.4, -0.2) is 22.8 Å². The predicted molar refractivity (Wildman–Crippen MR) is 67.0 cm³/mol. The quantitative estimate of drug-likeness (QED) is 0.841. The van der Waals surface area contributed by atoms with Gasteiger partial charge in [-0.2, -0.15) is 11.3 Å². The number of amides is 1. The molecule has 0 saturated carbocycles. The summed E-state index contributed by atoms with van der Waals surface area (Å²) < 4.78 is 0. The molecule has 0 saturated heterocycles. The first-order valence-corrected chi connectivity index (χ1v) is 6.67. The molecular weight excluding hydrogens is 240 g/mol. The van der Waals surface area contributed by atoms with E-state index in [1.807, 2.05) is 23.8 Å². The molecule has 0 radical (unpaired) electrons. The minimum Gasteiger partial charge on any atom is -0.336 e. The summed E-state index contributed by atoms with van der Waals surface area (Å²) in [6.45, 7) is 2.54. The molecule has 3 nitrogen and oxygen atoms in total. The number of nitrogens with zero attached hydrogens (tertiary/aromatic N) is 2. The number of carbonyl (C=O) groups is 1. The van der Waals surface area contributed by atoms with Crippen LogP contribution < -0.4 is 0 Å². The average Bonchev–Trinajstić information content (AvgIpc) is 2.88. The van der Waals surface area contributed by atoms with Crippen molar-refractivity contribution in [1.29, 1.82) is 0 Å². The topological polar surface area (TPSA) is 33.2 Å². The molecule has 5 heteroatoms. The van der Waals surface area contributed by atoms with Crippen molar-refractivity contribution in [3.63, 3.8) is 0 Å². The van der Waals surface area contributed by atoms with Gasteiger partial charge in [-0.05, 0) is 29.3 Å². The SMILES string of the molecule is Cc1nc(C(=O)N(C)Cc2ccsc2)cs1. The third-order valence-corrected chi connectivity index (χ3v) is 3.69. The Morgan fingerprint density at radius 2 is 2.31 bits per heavy atom. The van der Waals surface area contributed by atoms with Gasteiger partial charge in [0, 0.05) is 19.0 Å². The van der Waals surface area contributed by atoms with Gasteiger partial charge in [0.15, 0.2) is 0 Å². The Morgan fingerprint density at radius 3 is 2.88 bits per heavy atom. The maximum Gasteiger partial charge on any atom is 0.273 e. The number of aryl methyl sites for hydroxylation is 1. The zero-order valence-corrected chi connectivity index (χ0v) is 10.8. The zero-order chi connectivity index (χ0) is 11.5. The molecule has 0 N–H and O–H groups in total. The largest absolute Gasteiger partial charge is 0.336 e. The number of hydrogen-bond donors (Lipinski definition) is 0. The summed E-state index contributed by atoms with van der Waals surface area (Å²) in [6.07, 6.45) is 0. The molecule has 0 aliphatic carbocycles. The fraction of sp³-hybridized carbons (Fsp3) is 0.273. The summed E-state index contributed by atoms with van der Waals surface area (Å²) in [6, 6.07) is 2.03. The standard InChI is InChI=1S/C11H12N2OS2/c1-8-12-10(7-16-8)11(14)13(2)5-9-3-4-15-6-9/h3-4,6-7H,5H2,1-2H3. The van der Waals surface area contributed by atoms with Crippen LogP contribution in [0.15, 0.2) is 22.2 Å². The first-order chi connectivity index (χ1) is 7.66. The van der Waals surface area contributed by atoms with Crippen molar-refractivity contribution in [1.82, 2.24) is 9.88 Å². The lowest BCUT2D eigenvalue weighted by molar-refractivity contribution is 0.0780. The Balaban J connectivity index is 2.05. The van der Waals surface area contributed by atoms with E-state index in [0.717, 1.165) is 10.6 Å². The average molecular weight is 252 g/mol. The number of thiophene rings is 1. The van der Waals surface area contributed by atoms with Gasteiger partial charge in [-0.3, -0.25) is 4.79 Å². The van der Waals surface area contributed by atoms with Crippen LogP contribution in [-0.2, 0) is 6.54 Å². The smallest absolute Gasteiger partial charge is 0.273 e. The molecule has 2 rings (SSSR count). The van der Waals surface area contributed by atoms with Crippen molar-refractivity contribution < 1.29 is 4.79 Å². The van der Waals surface area contributed by atoms with Crippen molar-refractivity contribution in [3.05, 3.63) is 38.5 Å². The number of hydrogen-bond acceptors (Lipinski definition) is 4. The molecule has 2 aromatic heterocycles. The second-order valence-electron chi connectivity index (χ2n) is 3.54. The molecule has 0 fully saturated rings. The fourth-order valence-electron chi connectivity index (χ4n) is 1.39. The minimum atomic E-state index is -0.0180. The maximum atomic E-state index is 12.0. The van der Waals surface area contributed by atoms with E-state index in [4.69, 9.17) is 0 Å². The second-order valence-corrected chi connectivity index (χ2v) is 5.39. The van der Waals surface area contributed by atoms with E-state index in [2.05, 4.69) is 10.4 Å². The van der Waals surface area contributed by atoms with Gasteiger partial charge in [-0.1, -0.05) is 0 Å². The Kier molecular flexibility index (Phi) is 3.36. The van der Waals surface area contributed by atoms with Crippen molar-refractivity contribution >= 4 is 28.6 Å². The van der Waals surface area contributed by atoms with E-state index < -0.39 is 0 Å². The minimum absolute atomic E-state index is 0.0180. The number of carbonyl (C=O) groups excluding carboxylic acids is 1. The van der Waals surface area contributed by atoms with Gasteiger partial charge >= 0.3 is 0 Å². The van der Waals surface area contributed by atoms with E-state index >= 15 is 0 Å². The Hall–Kier alpha value is -1.20. The van der Waals surface area contributed by atoms with E-state index in [1.54, 1.807) is 23.3 Å². The van der Waals surface area contributed by atoms with Gasteiger partial charge in [0.25, 0.3) is 5.91 Å². The summed E-state index contributed by atoms with van der Waals surface area (Å²) in [5, 5.41) is 6.80. The summed E-state index contributed by atoms with van der Waals surface area (Å²) in [7, 11) is 1.80. The Bertz CT molecular complexity index is 476. The van der Waals surface area contributed by atoms with Gasteiger partial charge in [-0.25, -0.2) is 4.98 Å². The molecule has 84 valence electrons. The molecule has 0 unspecified atom stereocenters. The summed E-state index contributed by atoms with van der Waals surface area (Å²) in [4.78, 5) is 17.8. The first-order valence-electron chi connectivity index (χ1n) is 4.85. The molecule has 0 bridgehead atoms. The molecule has 0 atom stereocenters. The molecule has 2 aromatic rings. The van der Waals surface area contributed by atoms with Crippen LogP contribution in [0.1, 0.15) is 21.1 Å². The molecule has 1 amide bonds. The van der Waals surface area contributed by atoms with Gasteiger partial charge < -0.3 is 4.90 Å². The van der Waals surface area contributed by atoms with E-state index in [1.165, 1.54) is 11.3 Å². The number of thiazole rings is 1. The van der Waals surface area contributed by atoms with E-state index in [9.17, 15) is 4.79 Å². The van der Waals surface area contributed by atoms with Gasteiger partial charge in [-0.15, -0.1) is 11.3 Å². The number of aromatic nitrogens is 1. The van der Waals surface area contributed by atoms with Crippen LogP contribution in [0.5, 0.6) is 0 Å². The van der Waals surface area contributed by atoms with Crippen molar-refractivity contribution in [2.75, 3.05) is 7.05 Å². The predicted octanol–water partition coefficient (Wildman–Crippen LogP) is 2.79. The fourth-order valence-corrected chi connectivity index (χ4v) is 2.63. The maximum absolute atomic E-state index is 12.0. The lowest BCUT2D eigenvalue weighted by atomic mass is 10.3. The third kappa shape index (κ3) is 2.48. The summed E-state index contributed by atoms with van der Waals surface area (Å²) >= 11 is 3.14. The first kappa shape index (κ1) is 11.3. The van der Waals surface area contributed by atoms with Crippen molar-refractivity contribution in [2.24, 2.45) is 0 Å². The summed E-state index contributed by atoms with van der Waals surface area (Å²) in [5.41, 5.74) is 1.70. The van der Waals surface area contributed by atoms with Crippen LogP contribution in [0.25, 0.3) is 0 Å². The van der Waals surface area contributed by atoms with Crippen LogP contribution in [0.4, 0.5) is 0 Å². The molecule has 0 aromatic carbocycles. The highest BCUT2D eigenvalue weighted by Gasteiger charge is 2.14. The van der Waals surface area contributed by atoms with Crippen LogP contribution in [0, 0.1) is 6.92 Å². The third-order valence-electron chi connectivity index (χ3n) is 2.18. The monoisotopic (exact) mass is 252 g/mol. The molecule has 2 heterocycles. The molecule has 0 aliphatic heterocycles. The molecular formula is C11H12N2OS2. The zero-order valence-electron chi connectivity index (χ0n) is 9.14. The summed E-state index contributed by atoms with van der Waals surface area (Å²) in [5.74, 6) is -0.0180. The molecule has 0 aliphatic rings. The van der Waals surface area contributed by atoms with Crippen LogP contribution in [0.2, 0.25) is 0 Å². The van der Waals surface area contributed by atoms with Crippen molar-refractivity contribution in [3.8, 4) is 0 Å². The van der Waals surface area contributed by atoms with Gasteiger partial charge in [0.05, 0.1) is 5.01 Å². The van der Waals surface area contributed by atoms with Crippen LogP contribution >= 0.6 is 22.7 Å². The highest BCUT2D eigenvalue weighted by atomic mass is 32.1. The highest BCUT2D eigenvalue weighted by Crippen LogP contribution is 2.13. The molecule has 0 spiro atoms. The molecule has 16 heavy (non-hydrogen) atoms. The van der Waals surface area contributed by atoms with Gasteiger partial charge in [0.1, 0.15) is 5.69 Å². The Morgan fingerprint density at radius 1 is 1.50 bits per heavy atom. The van der Waals surface area contributed by atoms with Gasteiger partial charge in [0.2, 0.25) is 0 Å². The van der Waals surface area contributed by atoms with E-state index in [0.29, 0.717) is 12.2 Å². The highest BCUT2D eigenvalue weighted by molar-refractivity contribution is 7.09. The number of rotatable bonds is 3. The lowest BCUT2D eigenvalue weighted by Gasteiger charge is -2.14. The Labute approximate surface area is 102 Å².